The second-order valence-electron chi connectivity index (χ2n) is 10.7. The SMILES string of the molecule is C=C1[C@H](C(O)O)CO[C@H]1n1ccc(NC(=O)OCC[C@@H](C(=O)OC(C)C)N(N)C(=O)CCC2CCCCC2)nc1=O. The van der Waals surface area contributed by atoms with Crippen LogP contribution in [-0.4, -0.2) is 74.4 Å². The first-order chi connectivity index (χ1) is 19.5. The number of esters is 1. The largest absolute Gasteiger partial charge is 0.461 e. The van der Waals surface area contributed by atoms with Crippen molar-refractivity contribution in [1.29, 1.82) is 0 Å². The second-order valence-corrected chi connectivity index (χ2v) is 10.7. The van der Waals surface area contributed by atoms with Crippen molar-refractivity contribution in [2.75, 3.05) is 18.5 Å². The maximum Gasteiger partial charge on any atom is 0.412 e. The van der Waals surface area contributed by atoms with Gasteiger partial charge in [0, 0.05) is 19.0 Å². The van der Waals surface area contributed by atoms with E-state index in [9.17, 15) is 29.4 Å². The van der Waals surface area contributed by atoms with E-state index in [4.69, 9.17) is 20.1 Å². The molecule has 0 radical (unpaired) electrons. The van der Waals surface area contributed by atoms with E-state index in [0.29, 0.717) is 17.9 Å². The van der Waals surface area contributed by atoms with Crippen LogP contribution in [0.2, 0.25) is 0 Å². The Balaban J connectivity index is 1.53. The van der Waals surface area contributed by atoms with Gasteiger partial charge in [0.05, 0.1) is 25.2 Å². The number of nitrogens with zero attached hydrogens (tertiary/aromatic N) is 3. The van der Waals surface area contributed by atoms with Crippen LogP contribution in [0.5, 0.6) is 0 Å². The van der Waals surface area contributed by atoms with Crippen LogP contribution in [0.15, 0.2) is 29.2 Å². The molecule has 1 aliphatic carbocycles. The minimum Gasteiger partial charge on any atom is -0.461 e. The fourth-order valence-electron chi connectivity index (χ4n) is 4.98. The molecule has 5 N–H and O–H groups in total. The van der Waals surface area contributed by atoms with E-state index < -0.39 is 48.3 Å². The number of ether oxygens (including phenoxy) is 3. The molecule has 3 rings (SSSR count). The Morgan fingerprint density at radius 3 is 2.59 bits per heavy atom. The van der Waals surface area contributed by atoms with Gasteiger partial charge in [-0.3, -0.25) is 19.7 Å². The summed E-state index contributed by atoms with van der Waals surface area (Å²) in [5.41, 5.74) is -0.472. The Bertz CT molecular complexity index is 1130. The number of aliphatic hydroxyl groups excluding tert-OH is 1. The molecule has 2 fully saturated rings. The molecule has 1 saturated carbocycles. The maximum absolute atomic E-state index is 12.8. The van der Waals surface area contributed by atoms with Crippen LogP contribution in [0.25, 0.3) is 0 Å². The average Bonchev–Trinajstić information content (AvgIpc) is 3.30. The molecule has 0 aromatic carbocycles. The number of nitrogens with two attached hydrogens (primary N) is 1. The number of rotatable bonds is 12. The van der Waals surface area contributed by atoms with Gasteiger partial charge in [-0.2, -0.15) is 4.98 Å². The number of carbonyl (C=O) groups is 3. The first kappa shape index (κ1) is 32.2. The number of hydrazine groups is 1. The highest BCUT2D eigenvalue weighted by atomic mass is 16.6. The Morgan fingerprint density at radius 2 is 1.98 bits per heavy atom. The van der Waals surface area contributed by atoms with Gasteiger partial charge in [-0.25, -0.2) is 20.2 Å². The lowest BCUT2D eigenvalue weighted by atomic mass is 9.86. The molecule has 1 aliphatic heterocycles. The van der Waals surface area contributed by atoms with E-state index in [1.807, 2.05) is 0 Å². The summed E-state index contributed by atoms with van der Waals surface area (Å²) in [6.07, 6.45) is 3.85. The fourth-order valence-corrected chi connectivity index (χ4v) is 4.98. The average molecular weight is 580 g/mol. The van der Waals surface area contributed by atoms with Gasteiger partial charge >= 0.3 is 17.8 Å². The zero-order valence-electron chi connectivity index (χ0n) is 23.6. The van der Waals surface area contributed by atoms with E-state index in [2.05, 4.69) is 16.9 Å². The van der Waals surface area contributed by atoms with Gasteiger partial charge in [-0.05, 0) is 37.8 Å². The van der Waals surface area contributed by atoms with Crippen LogP contribution in [0.3, 0.4) is 0 Å². The van der Waals surface area contributed by atoms with Crippen LogP contribution in [0.4, 0.5) is 10.6 Å². The Morgan fingerprint density at radius 1 is 1.27 bits per heavy atom. The lowest BCUT2D eigenvalue weighted by molar-refractivity contribution is -0.159. The quantitative estimate of drug-likeness (QED) is 0.0701. The zero-order valence-corrected chi connectivity index (χ0v) is 23.6. The highest BCUT2D eigenvalue weighted by molar-refractivity contribution is 5.84. The van der Waals surface area contributed by atoms with Crippen LogP contribution in [0.1, 0.15) is 71.4 Å². The first-order valence-corrected chi connectivity index (χ1v) is 13.9. The Labute approximate surface area is 238 Å². The molecule has 1 saturated heterocycles. The summed E-state index contributed by atoms with van der Waals surface area (Å²) in [7, 11) is 0. The molecule has 0 bridgehead atoms. The van der Waals surface area contributed by atoms with Gasteiger partial charge in [-0.1, -0.05) is 38.7 Å². The lowest BCUT2D eigenvalue weighted by Crippen LogP contribution is -2.51. The summed E-state index contributed by atoms with van der Waals surface area (Å²) < 4.78 is 17.0. The monoisotopic (exact) mass is 579 g/mol. The van der Waals surface area contributed by atoms with E-state index >= 15 is 0 Å². The third-order valence-electron chi connectivity index (χ3n) is 7.26. The number of aromatic nitrogens is 2. The third kappa shape index (κ3) is 9.08. The van der Waals surface area contributed by atoms with Gasteiger partial charge in [0.1, 0.15) is 11.9 Å². The van der Waals surface area contributed by atoms with Crippen molar-refractivity contribution in [3.05, 3.63) is 34.9 Å². The van der Waals surface area contributed by atoms with Gasteiger partial charge < -0.3 is 24.4 Å². The predicted octanol–water partition coefficient (Wildman–Crippen LogP) is 1.58. The summed E-state index contributed by atoms with van der Waals surface area (Å²) in [6, 6.07) is 0.184. The highest BCUT2D eigenvalue weighted by Gasteiger charge is 2.36. The molecule has 0 unspecified atom stereocenters. The van der Waals surface area contributed by atoms with Gasteiger partial charge in [0.2, 0.25) is 5.91 Å². The molecule has 2 aliphatic rings. The molecular weight excluding hydrogens is 538 g/mol. The minimum atomic E-state index is -1.68. The molecule has 14 nitrogen and oxygen atoms in total. The molecule has 1 aromatic rings. The summed E-state index contributed by atoms with van der Waals surface area (Å²) in [4.78, 5) is 54.1. The van der Waals surface area contributed by atoms with Crippen molar-refractivity contribution in [1.82, 2.24) is 14.6 Å². The zero-order chi connectivity index (χ0) is 30.1. The number of aliphatic hydroxyl groups is 2. The molecule has 2 amide bonds. The first-order valence-electron chi connectivity index (χ1n) is 13.9. The topological polar surface area (TPSA) is 196 Å². The molecule has 41 heavy (non-hydrogen) atoms. The van der Waals surface area contributed by atoms with Gasteiger partial charge in [0.15, 0.2) is 12.5 Å². The van der Waals surface area contributed by atoms with Crippen molar-refractivity contribution in [2.45, 2.75) is 89.9 Å². The van der Waals surface area contributed by atoms with Gasteiger partial charge in [0.25, 0.3) is 0 Å². The standard InChI is InChI=1S/C27H41N5O9/c1-16(2)41-25(36)20(32(28)22(33)10-9-18-7-5-4-6-8-18)12-14-39-27(38)30-21-11-13-31(26(37)29-21)23-17(3)19(15-40-23)24(34)35/h11,13,16,18-20,23-24,34-35H,3-10,12,14-15,28H2,1-2H3,(H,29,30,37,38)/t19-,20+,23-/m1/s1. The number of hydrogen-bond acceptors (Lipinski definition) is 11. The molecule has 2 heterocycles. The fraction of sp³-hybridized carbons (Fsp3) is 0.667. The summed E-state index contributed by atoms with van der Waals surface area (Å²) in [5.74, 6) is 4.58. The summed E-state index contributed by atoms with van der Waals surface area (Å²) >= 11 is 0. The third-order valence-corrected chi connectivity index (χ3v) is 7.26. The number of carbonyl (C=O) groups excluding carboxylic acids is 3. The van der Waals surface area contributed by atoms with Crippen LogP contribution in [0, 0.1) is 11.8 Å². The predicted molar refractivity (Wildman–Crippen MR) is 146 cm³/mol. The van der Waals surface area contributed by atoms with Crippen molar-refractivity contribution >= 4 is 23.8 Å². The number of nitrogens with one attached hydrogen (secondary N) is 1. The van der Waals surface area contributed by atoms with Crippen LogP contribution < -0.4 is 16.8 Å². The smallest absolute Gasteiger partial charge is 0.412 e. The van der Waals surface area contributed by atoms with E-state index in [1.165, 1.54) is 18.7 Å². The minimum absolute atomic E-state index is 0.0298. The molecule has 0 spiro atoms. The van der Waals surface area contributed by atoms with E-state index in [0.717, 1.165) is 35.3 Å². The van der Waals surface area contributed by atoms with Crippen LogP contribution in [-0.2, 0) is 23.8 Å². The Hall–Kier alpha value is -3.33. The molecule has 14 heteroatoms. The number of hydrogen-bond donors (Lipinski definition) is 4. The maximum atomic E-state index is 12.8. The highest BCUT2D eigenvalue weighted by Crippen LogP contribution is 2.33. The normalized spacial score (nSPS) is 20.2. The summed E-state index contributed by atoms with van der Waals surface area (Å²) in [5, 5.41) is 22.0. The number of anilines is 1. The second kappa shape index (κ2) is 15.1. The van der Waals surface area contributed by atoms with Gasteiger partial charge in [-0.15, -0.1) is 0 Å². The van der Waals surface area contributed by atoms with Crippen LogP contribution >= 0.6 is 0 Å². The molecule has 3 atom stereocenters. The Kier molecular flexibility index (Phi) is 11.8. The van der Waals surface area contributed by atoms with Crippen molar-refractivity contribution in [3.8, 4) is 0 Å². The lowest BCUT2D eigenvalue weighted by Gasteiger charge is -2.28. The van der Waals surface area contributed by atoms with Crippen molar-refractivity contribution < 1.29 is 38.8 Å². The summed E-state index contributed by atoms with van der Waals surface area (Å²) in [6.45, 7) is 6.82. The van der Waals surface area contributed by atoms with Crippen molar-refractivity contribution in [3.63, 3.8) is 0 Å². The van der Waals surface area contributed by atoms with E-state index in [1.54, 1.807) is 13.8 Å². The molecule has 1 aromatic heterocycles. The molecule has 228 valence electrons. The number of amides is 2. The van der Waals surface area contributed by atoms with Crippen molar-refractivity contribution in [2.24, 2.45) is 17.7 Å². The van der Waals surface area contributed by atoms with E-state index in [-0.39, 0.29) is 37.8 Å². The molecular formula is C27H41N5O9.